The number of hydrogen-bond acceptors (Lipinski definition) is 3. The minimum absolute atomic E-state index is 0.169. The van der Waals surface area contributed by atoms with Crippen LogP contribution in [0.25, 0.3) is 0 Å². The molecule has 1 aliphatic rings. The second kappa shape index (κ2) is 3.47. The monoisotopic (exact) mass is 201 g/mol. The summed E-state index contributed by atoms with van der Waals surface area (Å²) in [6.45, 7) is 2.19. The van der Waals surface area contributed by atoms with E-state index in [-0.39, 0.29) is 5.54 Å². The van der Waals surface area contributed by atoms with Crippen LogP contribution in [0.4, 0.5) is 11.4 Å². The number of hydrogen-bond donors (Lipinski definition) is 2. The van der Waals surface area contributed by atoms with E-state index < -0.39 is 0 Å². The zero-order chi connectivity index (χ0) is 10.9. The number of nitrogens with one attached hydrogen (secondary N) is 1. The number of rotatable bonds is 2. The summed E-state index contributed by atoms with van der Waals surface area (Å²) in [5.41, 5.74) is 8.27. The lowest BCUT2D eigenvalue weighted by Gasteiger charge is -2.40. The minimum Gasteiger partial charge on any atom is -0.397 e. The number of nitriles is 1. The Kier molecular flexibility index (Phi) is 2.28. The van der Waals surface area contributed by atoms with Crippen LogP contribution in [0.3, 0.4) is 0 Å². The first-order valence-electron chi connectivity index (χ1n) is 5.21. The van der Waals surface area contributed by atoms with Gasteiger partial charge in [-0.2, -0.15) is 5.26 Å². The largest absolute Gasteiger partial charge is 0.397 e. The molecule has 1 aromatic rings. The van der Waals surface area contributed by atoms with E-state index in [1.165, 1.54) is 19.3 Å². The molecule has 0 bridgehead atoms. The normalized spacial score (nSPS) is 17.6. The molecule has 0 atom stereocenters. The summed E-state index contributed by atoms with van der Waals surface area (Å²) in [7, 11) is 0. The van der Waals surface area contributed by atoms with Crippen LogP contribution in [0.2, 0.25) is 0 Å². The van der Waals surface area contributed by atoms with Gasteiger partial charge in [-0.1, -0.05) is 0 Å². The third kappa shape index (κ3) is 1.89. The molecule has 2 rings (SSSR count). The molecule has 3 nitrogen and oxygen atoms in total. The Bertz CT molecular complexity index is 413. The fourth-order valence-corrected chi connectivity index (χ4v) is 1.89. The fourth-order valence-electron chi connectivity index (χ4n) is 1.89. The van der Waals surface area contributed by atoms with Crippen LogP contribution in [-0.2, 0) is 0 Å². The zero-order valence-corrected chi connectivity index (χ0v) is 8.88. The van der Waals surface area contributed by atoms with Crippen LogP contribution in [0.1, 0.15) is 31.7 Å². The standard InChI is InChI=1S/C12H15N3/c1-12(5-2-6-12)15-11-7-9(8-13)3-4-10(11)14/h3-4,7,15H,2,5-6,14H2,1H3. The van der Waals surface area contributed by atoms with E-state index in [9.17, 15) is 0 Å². The molecular formula is C12H15N3. The quantitative estimate of drug-likeness (QED) is 0.722. The Morgan fingerprint density at radius 1 is 1.47 bits per heavy atom. The lowest BCUT2D eigenvalue weighted by atomic mass is 9.78. The zero-order valence-electron chi connectivity index (χ0n) is 8.88. The van der Waals surface area contributed by atoms with Crippen molar-refractivity contribution in [1.82, 2.24) is 0 Å². The first-order valence-corrected chi connectivity index (χ1v) is 5.21. The van der Waals surface area contributed by atoms with E-state index in [0.29, 0.717) is 11.3 Å². The Morgan fingerprint density at radius 3 is 2.73 bits per heavy atom. The Balaban J connectivity index is 2.23. The molecule has 1 aliphatic carbocycles. The van der Waals surface area contributed by atoms with Crippen molar-refractivity contribution in [2.45, 2.75) is 31.7 Å². The van der Waals surface area contributed by atoms with Crippen molar-refractivity contribution >= 4 is 11.4 Å². The summed E-state index contributed by atoms with van der Waals surface area (Å²) >= 11 is 0. The van der Waals surface area contributed by atoms with Gasteiger partial charge in [-0.25, -0.2) is 0 Å². The summed E-state index contributed by atoms with van der Waals surface area (Å²) < 4.78 is 0. The lowest BCUT2D eigenvalue weighted by Crippen LogP contribution is -2.41. The third-order valence-electron chi connectivity index (χ3n) is 3.08. The van der Waals surface area contributed by atoms with E-state index >= 15 is 0 Å². The van der Waals surface area contributed by atoms with Crippen LogP contribution in [-0.4, -0.2) is 5.54 Å². The molecule has 1 saturated carbocycles. The molecule has 0 radical (unpaired) electrons. The first-order chi connectivity index (χ1) is 7.13. The summed E-state index contributed by atoms with van der Waals surface area (Å²) in [6.07, 6.45) is 3.60. The molecule has 0 aliphatic heterocycles. The first kappa shape index (κ1) is 9.85. The molecule has 1 aromatic carbocycles. The topological polar surface area (TPSA) is 61.8 Å². The van der Waals surface area contributed by atoms with E-state index in [1.54, 1.807) is 12.1 Å². The Morgan fingerprint density at radius 2 is 2.20 bits per heavy atom. The van der Waals surface area contributed by atoms with E-state index in [4.69, 9.17) is 11.0 Å². The maximum absolute atomic E-state index is 8.80. The van der Waals surface area contributed by atoms with Crippen molar-refractivity contribution in [2.75, 3.05) is 11.1 Å². The van der Waals surface area contributed by atoms with Crippen molar-refractivity contribution < 1.29 is 0 Å². The van der Waals surface area contributed by atoms with Gasteiger partial charge in [0, 0.05) is 5.54 Å². The Labute approximate surface area is 89.9 Å². The van der Waals surface area contributed by atoms with Gasteiger partial charge >= 0.3 is 0 Å². The second-order valence-electron chi connectivity index (χ2n) is 4.45. The van der Waals surface area contributed by atoms with Crippen LogP contribution < -0.4 is 11.1 Å². The lowest BCUT2D eigenvalue weighted by molar-refractivity contribution is 0.307. The smallest absolute Gasteiger partial charge is 0.0992 e. The van der Waals surface area contributed by atoms with E-state index in [2.05, 4.69) is 18.3 Å². The number of anilines is 2. The molecule has 0 heterocycles. The van der Waals surface area contributed by atoms with Gasteiger partial charge in [-0.3, -0.25) is 0 Å². The van der Waals surface area contributed by atoms with Gasteiger partial charge < -0.3 is 11.1 Å². The molecule has 1 fully saturated rings. The summed E-state index contributed by atoms with van der Waals surface area (Å²) in [4.78, 5) is 0. The van der Waals surface area contributed by atoms with Crippen LogP contribution >= 0.6 is 0 Å². The predicted molar refractivity (Wildman–Crippen MR) is 61.4 cm³/mol. The van der Waals surface area contributed by atoms with E-state index in [1.807, 2.05) is 6.07 Å². The average molecular weight is 201 g/mol. The van der Waals surface area contributed by atoms with Gasteiger partial charge in [-0.15, -0.1) is 0 Å². The van der Waals surface area contributed by atoms with Crippen molar-refractivity contribution in [3.05, 3.63) is 23.8 Å². The maximum atomic E-state index is 8.80. The molecule has 3 heteroatoms. The molecule has 78 valence electrons. The SMILES string of the molecule is CC1(Nc2cc(C#N)ccc2N)CCC1. The highest BCUT2D eigenvalue weighted by molar-refractivity contribution is 5.69. The summed E-state index contributed by atoms with van der Waals surface area (Å²) in [5, 5.41) is 12.2. The van der Waals surface area contributed by atoms with Crippen molar-refractivity contribution in [3.8, 4) is 6.07 Å². The van der Waals surface area contributed by atoms with Crippen LogP contribution in [0.5, 0.6) is 0 Å². The van der Waals surface area contributed by atoms with Crippen molar-refractivity contribution in [1.29, 1.82) is 5.26 Å². The average Bonchev–Trinajstić information content (AvgIpc) is 2.19. The molecule has 0 aromatic heterocycles. The second-order valence-corrected chi connectivity index (χ2v) is 4.45. The molecule has 0 unspecified atom stereocenters. The molecule has 3 N–H and O–H groups in total. The fraction of sp³-hybridized carbons (Fsp3) is 0.417. The highest BCUT2D eigenvalue weighted by Crippen LogP contribution is 2.36. The predicted octanol–water partition coefficient (Wildman–Crippen LogP) is 2.49. The molecule has 0 spiro atoms. The highest BCUT2D eigenvalue weighted by atomic mass is 15.0. The summed E-state index contributed by atoms with van der Waals surface area (Å²) in [5.74, 6) is 0. The number of nitrogen functional groups attached to an aromatic ring is 1. The highest BCUT2D eigenvalue weighted by Gasteiger charge is 2.31. The minimum atomic E-state index is 0.169. The van der Waals surface area contributed by atoms with Crippen LogP contribution in [0.15, 0.2) is 18.2 Å². The number of nitrogens with two attached hydrogens (primary N) is 1. The molecule has 0 saturated heterocycles. The van der Waals surface area contributed by atoms with Gasteiger partial charge in [-0.05, 0) is 44.4 Å². The molecule has 0 amide bonds. The van der Waals surface area contributed by atoms with Crippen LogP contribution in [0, 0.1) is 11.3 Å². The van der Waals surface area contributed by atoms with Crippen molar-refractivity contribution in [3.63, 3.8) is 0 Å². The van der Waals surface area contributed by atoms with Gasteiger partial charge in [0.05, 0.1) is 23.0 Å². The van der Waals surface area contributed by atoms with Gasteiger partial charge in [0.25, 0.3) is 0 Å². The van der Waals surface area contributed by atoms with Gasteiger partial charge in [0.1, 0.15) is 0 Å². The van der Waals surface area contributed by atoms with Gasteiger partial charge in [0.15, 0.2) is 0 Å². The molecular weight excluding hydrogens is 186 g/mol. The third-order valence-corrected chi connectivity index (χ3v) is 3.08. The number of nitrogens with zero attached hydrogens (tertiary/aromatic N) is 1. The van der Waals surface area contributed by atoms with Crippen molar-refractivity contribution in [2.24, 2.45) is 0 Å². The van der Waals surface area contributed by atoms with E-state index in [0.717, 1.165) is 5.69 Å². The molecule has 15 heavy (non-hydrogen) atoms. The maximum Gasteiger partial charge on any atom is 0.0992 e. The van der Waals surface area contributed by atoms with Gasteiger partial charge in [0.2, 0.25) is 0 Å². The Hall–Kier alpha value is -1.69. The summed E-state index contributed by atoms with van der Waals surface area (Å²) in [6, 6.07) is 7.46. The number of benzene rings is 1.